The van der Waals surface area contributed by atoms with Crippen molar-refractivity contribution in [3.05, 3.63) is 95.3 Å². The molecule has 0 spiro atoms. The van der Waals surface area contributed by atoms with Gasteiger partial charge < -0.3 is 10.2 Å². The summed E-state index contributed by atoms with van der Waals surface area (Å²) in [4.78, 5) is 35.6. The summed E-state index contributed by atoms with van der Waals surface area (Å²) >= 11 is 0. The third-order valence-electron chi connectivity index (χ3n) is 5.84. The van der Waals surface area contributed by atoms with E-state index in [1.54, 1.807) is 54.9 Å². The molecule has 2 atom stereocenters. The van der Waals surface area contributed by atoms with Gasteiger partial charge in [-0.3, -0.25) is 19.6 Å². The molecule has 3 aromatic rings. The first-order valence-corrected chi connectivity index (χ1v) is 11.2. The summed E-state index contributed by atoms with van der Waals surface area (Å²) < 4.78 is 29.6. The standard InChI is InChI=1S/C26H26F2N4O2/c1-18(33)31-26(28,15-19-7-3-2-4-8-19)25(34)32-12-6-11-24(32)23-17-29-16-22(30-23)14-20-9-5-10-21(27)13-20/h2-5,7-10,13,16-17,24H,6,11-12,14-15H2,1H3,(H,31,33)/t24-,26+/m1/s1. The van der Waals surface area contributed by atoms with Gasteiger partial charge in [-0.05, 0) is 36.1 Å². The molecule has 1 N–H and O–H groups in total. The molecule has 4 rings (SSSR count). The van der Waals surface area contributed by atoms with Gasteiger partial charge in [0.05, 0.1) is 23.6 Å². The average molecular weight is 465 g/mol. The number of aromatic nitrogens is 2. The van der Waals surface area contributed by atoms with E-state index >= 15 is 4.39 Å². The number of alkyl halides is 1. The third-order valence-corrected chi connectivity index (χ3v) is 5.84. The Morgan fingerprint density at radius 1 is 1.12 bits per heavy atom. The lowest BCUT2D eigenvalue weighted by Crippen LogP contribution is -2.57. The molecular formula is C26H26F2N4O2. The van der Waals surface area contributed by atoms with Crippen LogP contribution in [0.1, 0.15) is 48.3 Å². The summed E-state index contributed by atoms with van der Waals surface area (Å²) in [5, 5.41) is 2.23. The van der Waals surface area contributed by atoms with Crippen molar-refractivity contribution in [2.75, 3.05) is 6.54 Å². The Morgan fingerprint density at radius 3 is 2.62 bits per heavy atom. The van der Waals surface area contributed by atoms with Crippen molar-refractivity contribution >= 4 is 11.8 Å². The van der Waals surface area contributed by atoms with Gasteiger partial charge in [0.15, 0.2) is 0 Å². The molecule has 176 valence electrons. The SMILES string of the molecule is CC(=O)N[C@@](F)(Cc1ccccc1)C(=O)N1CCC[C@@H]1c1cncc(Cc2cccc(F)c2)n1. The smallest absolute Gasteiger partial charge is 0.282 e. The molecule has 1 aromatic heterocycles. The molecule has 0 unspecified atom stereocenters. The fraction of sp³-hybridized carbons (Fsp3) is 0.308. The zero-order valence-corrected chi connectivity index (χ0v) is 18.9. The lowest BCUT2D eigenvalue weighted by Gasteiger charge is -2.33. The zero-order valence-electron chi connectivity index (χ0n) is 18.9. The number of benzene rings is 2. The van der Waals surface area contributed by atoms with Crippen molar-refractivity contribution < 1.29 is 18.4 Å². The van der Waals surface area contributed by atoms with E-state index in [4.69, 9.17) is 0 Å². The van der Waals surface area contributed by atoms with Crippen LogP contribution in [0.3, 0.4) is 0 Å². The highest BCUT2D eigenvalue weighted by Crippen LogP contribution is 2.34. The molecule has 2 amide bonds. The number of hydrogen-bond acceptors (Lipinski definition) is 4. The highest BCUT2D eigenvalue weighted by Gasteiger charge is 2.46. The first-order valence-electron chi connectivity index (χ1n) is 11.2. The van der Waals surface area contributed by atoms with Gasteiger partial charge in [-0.2, -0.15) is 0 Å². The normalized spacial score (nSPS) is 17.3. The molecular weight excluding hydrogens is 438 g/mol. The van der Waals surface area contributed by atoms with Crippen LogP contribution in [0.15, 0.2) is 67.0 Å². The van der Waals surface area contributed by atoms with Crippen LogP contribution in [0, 0.1) is 5.82 Å². The second kappa shape index (κ2) is 10.1. The Labute approximate surface area is 197 Å². The van der Waals surface area contributed by atoms with Gasteiger partial charge in [0, 0.05) is 32.5 Å². The van der Waals surface area contributed by atoms with Gasteiger partial charge in [0.25, 0.3) is 11.7 Å². The summed E-state index contributed by atoms with van der Waals surface area (Å²) in [6, 6.07) is 14.5. The van der Waals surface area contributed by atoms with E-state index in [0.717, 1.165) is 5.56 Å². The maximum atomic E-state index is 16.1. The Balaban J connectivity index is 1.58. The number of carbonyl (C=O) groups is 2. The average Bonchev–Trinajstić information content (AvgIpc) is 3.29. The number of halogens is 2. The van der Waals surface area contributed by atoms with Crippen molar-refractivity contribution in [3.8, 4) is 0 Å². The number of carbonyl (C=O) groups excluding carboxylic acids is 2. The van der Waals surface area contributed by atoms with Crippen molar-refractivity contribution in [2.45, 2.75) is 44.4 Å². The van der Waals surface area contributed by atoms with E-state index < -0.39 is 23.6 Å². The molecule has 6 nitrogen and oxygen atoms in total. The molecule has 2 aromatic carbocycles. The Hall–Kier alpha value is -3.68. The van der Waals surface area contributed by atoms with E-state index in [0.29, 0.717) is 42.8 Å². The van der Waals surface area contributed by atoms with Crippen LogP contribution in [0.25, 0.3) is 0 Å². The fourth-order valence-electron chi connectivity index (χ4n) is 4.40. The van der Waals surface area contributed by atoms with Crippen LogP contribution >= 0.6 is 0 Å². The van der Waals surface area contributed by atoms with Crippen molar-refractivity contribution in [1.29, 1.82) is 0 Å². The predicted octanol–water partition coefficient (Wildman–Crippen LogP) is 3.91. The molecule has 1 fully saturated rings. The van der Waals surface area contributed by atoms with Gasteiger partial charge in [-0.15, -0.1) is 0 Å². The van der Waals surface area contributed by atoms with E-state index in [1.807, 2.05) is 0 Å². The number of likely N-dealkylation sites (tertiary alicyclic amines) is 1. The van der Waals surface area contributed by atoms with E-state index in [1.165, 1.54) is 24.0 Å². The van der Waals surface area contributed by atoms with Crippen LogP contribution in [0.4, 0.5) is 8.78 Å². The minimum absolute atomic E-state index is 0.277. The number of amides is 2. The van der Waals surface area contributed by atoms with E-state index in [9.17, 15) is 14.0 Å². The molecule has 1 saturated heterocycles. The summed E-state index contributed by atoms with van der Waals surface area (Å²) in [6.07, 6.45) is 4.55. The van der Waals surface area contributed by atoms with Crippen molar-refractivity contribution in [3.63, 3.8) is 0 Å². The van der Waals surface area contributed by atoms with Gasteiger partial charge in [-0.25, -0.2) is 8.78 Å². The van der Waals surface area contributed by atoms with Gasteiger partial charge in [0.1, 0.15) is 5.82 Å². The number of rotatable bonds is 7. The van der Waals surface area contributed by atoms with Gasteiger partial charge in [-0.1, -0.05) is 42.5 Å². The highest BCUT2D eigenvalue weighted by atomic mass is 19.1. The number of hydrogen-bond donors (Lipinski definition) is 1. The summed E-state index contributed by atoms with van der Waals surface area (Å²) in [7, 11) is 0. The molecule has 0 aliphatic carbocycles. The molecule has 1 aliphatic heterocycles. The second-order valence-electron chi connectivity index (χ2n) is 8.54. The first kappa shape index (κ1) is 23.5. The highest BCUT2D eigenvalue weighted by molar-refractivity contribution is 5.90. The van der Waals surface area contributed by atoms with Gasteiger partial charge >= 0.3 is 0 Å². The molecule has 1 aliphatic rings. The lowest BCUT2D eigenvalue weighted by molar-refractivity contribution is -0.151. The molecule has 2 heterocycles. The maximum Gasteiger partial charge on any atom is 0.282 e. The minimum Gasteiger partial charge on any atom is -0.330 e. The Kier molecular flexibility index (Phi) is 6.95. The summed E-state index contributed by atoms with van der Waals surface area (Å²) in [5.74, 6) is -4.34. The van der Waals surface area contributed by atoms with Crippen molar-refractivity contribution in [2.24, 2.45) is 0 Å². The van der Waals surface area contributed by atoms with Crippen LogP contribution in [-0.2, 0) is 22.4 Å². The first-order chi connectivity index (χ1) is 16.3. The fourth-order valence-corrected chi connectivity index (χ4v) is 4.40. The Bertz CT molecular complexity index is 1170. The zero-order chi connectivity index (χ0) is 24.1. The largest absolute Gasteiger partial charge is 0.330 e. The van der Waals surface area contributed by atoms with Gasteiger partial charge in [0.2, 0.25) is 5.91 Å². The quantitative estimate of drug-likeness (QED) is 0.538. The Morgan fingerprint density at radius 2 is 1.88 bits per heavy atom. The third kappa shape index (κ3) is 5.44. The predicted molar refractivity (Wildman–Crippen MR) is 123 cm³/mol. The summed E-state index contributed by atoms with van der Waals surface area (Å²) in [6.45, 7) is 1.54. The molecule has 0 saturated carbocycles. The van der Waals surface area contributed by atoms with Crippen LogP contribution in [0.5, 0.6) is 0 Å². The maximum absolute atomic E-state index is 16.1. The van der Waals surface area contributed by atoms with Crippen LogP contribution in [-0.4, -0.2) is 39.0 Å². The lowest BCUT2D eigenvalue weighted by atomic mass is 10.0. The van der Waals surface area contributed by atoms with Crippen LogP contribution < -0.4 is 5.32 Å². The minimum atomic E-state index is -2.58. The van der Waals surface area contributed by atoms with Crippen molar-refractivity contribution in [1.82, 2.24) is 20.2 Å². The summed E-state index contributed by atoms with van der Waals surface area (Å²) in [5.41, 5.74) is 2.52. The molecule has 0 bridgehead atoms. The second-order valence-corrected chi connectivity index (χ2v) is 8.54. The number of nitrogens with one attached hydrogen (secondary N) is 1. The molecule has 34 heavy (non-hydrogen) atoms. The molecule has 8 heteroatoms. The topological polar surface area (TPSA) is 75.2 Å². The monoisotopic (exact) mass is 464 g/mol. The molecule has 0 radical (unpaired) electrons. The van der Waals surface area contributed by atoms with E-state index in [-0.39, 0.29) is 12.2 Å². The van der Waals surface area contributed by atoms with E-state index in [2.05, 4.69) is 15.3 Å². The van der Waals surface area contributed by atoms with Crippen LogP contribution in [0.2, 0.25) is 0 Å². The number of nitrogens with zero attached hydrogens (tertiary/aromatic N) is 3.